The van der Waals surface area contributed by atoms with Gasteiger partial charge in [0, 0.05) is 50.7 Å². The van der Waals surface area contributed by atoms with Crippen LogP contribution in [0.25, 0.3) is 0 Å². The zero-order valence-corrected chi connectivity index (χ0v) is 28.9. The van der Waals surface area contributed by atoms with E-state index in [2.05, 4.69) is 92.7 Å². The molecule has 42 heavy (non-hydrogen) atoms. The average molecular weight is 588 g/mol. The molecule has 2 aliphatic rings. The van der Waals surface area contributed by atoms with Gasteiger partial charge < -0.3 is 28.9 Å². The van der Waals surface area contributed by atoms with Crippen molar-refractivity contribution in [1.29, 1.82) is 0 Å². The molecule has 2 fully saturated rings. The minimum absolute atomic E-state index is 0.0806. The van der Waals surface area contributed by atoms with Gasteiger partial charge in [0.05, 0.1) is 48.7 Å². The molecular weight excluding hydrogens is 526 g/mol. The maximum Gasteiger partial charge on any atom is 0.103 e. The summed E-state index contributed by atoms with van der Waals surface area (Å²) in [6.45, 7) is 24.5. The first-order valence-corrected chi connectivity index (χ1v) is 16.0. The second-order valence-electron chi connectivity index (χ2n) is 11.0. The predicted octanol–water partition coefficient (Wildman–Crippen LogP) is 6.26. The number of pyridine rings is 2. The summed E-state index contributed by atoms with van der Waals surface area (Å²) in [7, 11) is 5.92. The van der Waals surface area contributed by atoms with Crippen LogP contribution in [0.5, 0.6) is 0 Å². The molecule has 0 amide bonds. The second-order valence-corrected chi connectivity index (χ2v) is 11.0. The Morgan fingerprint density at radius 2 is 1.64 bits per heavy atom. The van der Waals surface area contributed by atoms with Gasteiger partial charge in [-0.3, -0.25) is 9.97 Å². The highest BCUT2D eigenvalue weighted by atomic mass is 16.5. The number of aromatic nitrogens is 2. The van der Waals surface area contributed by atoms with Crippen LogP contribution in [0.1, 0.15) is 79.4 Å². The predicted molar refractivity (Wildman–Crippen MR) is 178 cm³/mol. The van der Waals surface area contributed by atoms with Gasteiger partial charge in [0.15, 0.2) is 0 Å². The van der Waals surface area contributed by atoms with Crippen molar-refractivity contribution in [2.24, 2.45) is 0 Å². The fourth-order valence-electron chi connectivity index (χ4n) is 4.75. The van der Waals surface area contributed by atoms with E-state index in [0.717, 1.165) is 70.2 Å². The van der Waals surface area contributed by atoms with Crippen LogP contribution in [0, 0.1) is 0 Å². The Labute approximate surface area is 257 Å². The standard InChI is InChI=1S/C15H25N3O.C15H24N2O2.2C2H6/c1-5-13-6-7-15(14(16-13)10-17(3)4)18-8-9-19-11-12(18)2;1-5-12-6-7-13(10-16-12)17-8-9-19-14(11-17)15(2,3)18-4;2*1-2/h6-7,12H,5,8-11H2,1-4H3;6-7,10,14H,5,8-9,11H2,1-4H3;2*1-2H3. The van der Waals surface area contributed by atoms with Crippen LogP contribution >= 0.6 is 0 Å². The lowest BCUT2D eigenvalue weighted by Gasteiger charge is -2.41. The van der Waals surface area contributed by atoms with Crippen LogP contribution in [0.4, 0.5) is 11.4 Å². The molecule has 8 nitrogen and oxygen atoms in total. The minimum atomic E-state index is -0.268. The molecule has 0 aliphatic carbocycles. The summed E-state index contributed by atoms with van der Waals surface area (Å²) >= 11 is 0. The van der Waals surface area contributed by atoms with Crippen molar-refractivity contribution in [1.82, 2.24) is 14.9 Å². The Bertz CT molecular complexity index is 984. The Morgan fingerprint density at radius 3 is 2.19 bits per heavy atom. The number of hydrogen-bond donors (Lipinski definition) is 0. The zero-order chi connectivity index (χ0) is 31.7. The van der Waals surface area contributed by atoms with Gasteiger partial charge in [-0.1, -0.05) is 41.5 Å². The third-order valence-electron chi connectivity index (χ3n) is 7.42. The molecule has 0 N–H and O–H groups in total. The lowest BCUT2D eigenvalue weighted by Crippen LogP contribution is -2.52. The maximum absolute atomic E-state index is 5.84. The Hall–Kier alpha value is -2.26. The largest absolute Gasteiger partial charge is 0.377 e. The molecular formula is C34H61N5O3. The van der Waals surface area contributed by atoms with Gasteiger partial charge >= 0.3 is 0 Å². The van der Waals surface area contributed by atoms with Crippen molar-refractivity contribution in [3.05, 3.63) is 47.5 Å². The summed E-state index contributed by atoms with van der Waals surface area (Å²) < 4.78 is 16.9. The fourth-order valence-corrected chi connectivity index (χ4v) is 4.75. The van der Waals surface area contributed by atoms with E-state index in [1.165, 1.54) is 17.1 Å². The lowest BCUT2D eigenvalue weighted by atomic mass is 9.99. The van der Waals surface area contributed by atoms with Crippen molar-refractivity contribution < 1.29 is 14.2 Å². The fraction of sp³-hybridized carbons (Fsp3) is 0.706. The van der Waals surface area contributed by atoms with Gasteiger partial charge in [0.2, 0.25) is 0 Å². The number of rotatable bonds is 8. The van der Waals surface area contributed by atoms with Crippen LogP contribution in [-0.4, -0.2) is 93.3 Å². The van der Waals surface area contributed by atoms with Gasteiger partial charge in [-0.2, -0.15) is 0 Å². The van der Waals surface area contributed by atoms with E-state index in [-0.39, 0.29) is 11.7 Å². The highest BCUT2D eigenvalue weighted by molar-refractivity contribution is 5.52. The van der Waals surface area contributed by atoms with Crippen LogP contribution in [0.15, 0.2) is 30.5 Å². The van der Waals surface area contributed by atoms with E-state index in [0.29, 0.717) is 6.04 Å². The number of methoxy groups -OCH3 is 1. The quantitative estimate of drug-likeness (QED) is 0.359. The van der Waals surface area contributed by atoms with E-state index >= 15 is 0 Å². The molecule has 0 radical (unpaired) electrons. The van der Waals surface area contributed by atoms with Gasteiger partial charge in [0.25, 0.3) is 0 Å². The van der Waals surface area contributed by atoms with Crippen molar-refractivity contribution in [2.75, 3.05) is 70.5 Å². The molecule has 2 atom stereocenters. The van der Waals surface area contributed by atoms with Crippen LogP contribution < -0.4 is 9.80 Å². The lowest BCUT2D eigenvalue weighted by molar-refractivity contribution is -0.113. The molecule has 0 saturated carbocycles. The SMILES string of the molecule is CC.CC.CCc1ccc(N2CCOC(C(C)(C)OC)C2)cn1.CCc1ccc(N2CCOCC2C)c(CN(C)C)n1. The first kappa shape index (κ1) is 37.8. The van der Waals surface area contributed by atoms with Crippen molar-refractivity contribution >= 4 is 11.4 Å². The molecule has 2 aliphatic heterocycles. The Kier molecular flexibility index (Phi) is 17.8. The number of nitrogens with zero attached hydrogens (tertiary/aromatic N) is 5. The average Bonchev–Trinajstić information content (AvgIpc) is 3.03. The van der Waals surface area contributed by atoms with E-state index in [1.54, 1.807) is 7.11 Å². The summed E-state index contributed by atoms with van der Waals surface area (Å²) in [5.41, 5.74) is 5.64. The Morgan fingerprint density at radius 1 is 0.976 bits per heavy atom. The van der Waals surface area contributed by atoms with E-state index in [9.17, 15) is 0 Å². The molecule has 2 saturated heterocycles. The normalized spacial score (nSPS) is 18.7. The molecule has 2 aromatic rings. The molecule has 4 heterocycles. The van der Waals surface area contributed by atoms with Crippen molar-refractivity contribution in [2.45, 2.75) is 99.4 Å². The number of anilines is 2. The molecule has 0 aromatic carbocycles. The molecule has 2 unspecified atom stereocenters. The van der Waals surface area contributed by atoms with Crippen LogP contribution in [-0.2, 0) is 33.6 Å². The maximum atomic E-state index is 5.84. The highest BCUT2D eigenvalue weighted by Gasteiger charge is 2.34. The number of hydrogen-bond acceptors (Lipinski definition) is 8. The van der Waals surface area contributed by atoms with Gasteiger partial charge in [-0.05, 0) is 72.0 Å². The summed E-state index contributed by atoms with van der Waals surface area (Å²) in [5, 5.41) is 0. The third kappa shape index (κ3) is 11.4. The van der Waals surface area contributed by atoms with E-state index in [4.69, 9.17) is 19.2 Å². The minimum Gasteiger partial charge on any atom is -0.377 e. The summed E-state index contributed by atoms with van der Waals surface area (Å²) in [4.78, 5) is 16.2. The molecule has 4 rings (SSSR count). The molecule has 0 bridgehead atoms. The summed E-state index contributed by atoms with van der Waals surface area (Å²) in [6, 6.07) is 9.04. The van der Waals surface area contributed by atoms with Crippen LogP contribution in [0.2, 0.25) is 0 Å². The molecule has 240 valence electrons. The van der Waals surface area contributed by atoms with Crippen molar-refractivity contribution in [3.8, 4) is 0 Å². The molecule has 0 spiro atoms. The number of aryl methyl sites for hydroxylation is 2. The molecule has 8 heteroatoms. The van der Waals surface area contributed by atoms with Gasteiger partial charge in [-0.25, -0.2) is 0 Å². The van der Waals surface area contributed by atoms with Gasteiger partial charge in [0.1, 0.15) is 6.10 Å². The molecule has 2 aromatic heterocycles. The van der Waals surface area contributed by atoms with E-state index in [1.807, 2.05) is 33.9 Å². The Balaban J connectivity index is 0.000000376. The first-order valence-electron chi connectivity index (χ1n) is 16.0. The van der Waals surface area contributed by atoms with Crippen LogP contribution in [0.3, 0.4) is 0 Å². The van der Waals surface area contributed by atoms with Gasteiger partial charge in [-0.15, -0.1) is 0 Å². The summed E-state index contributed by atoms with van der Waals surface area (Å²) in [5.74, 6) is 0. The first-order chi connectivity index (χ1) is 20.2. The monoisotopic (exact) mass is 587 g/mol. The third-order valence-corrected chi connectivity index (χ3v) is 7.42. The number of ether oxygens (including phenoxy) is 3. The topological polar surface area (TPSA) is 63.2 Å². The smallest absolute Gasteiger partial charge is 0.103 e. The second kappa shape index (κ2) is 19.8. The zero-order valence-electron chi connectivity index (χ0n) is 28.9. The highest BCUT2D eigenvalue weighted by Crippen LogP contribution is 2.26. The van der Waals surface area contributed by atoms with Crippen molar-refractivity contribution in [3.63, 3.8) is 0 Å². The van der Waals surface area contributed by atoms with E-state index < -0.39 is 0 Å². The number of morpholine rings is 2. The summed E-state index contributed by atoms with van der Waals surface area (Å²) in [6.07, 6.45) is 4.00.